The minimum atomic E-state index is 0.0117. The van der Waals surface area contributed by atoms with Gasteiger partial charge in [0.05, 0.1) is 6.54 Å². The molecule has 0 atom stereocenters. The van der Waals surface area contributed by atoms with Gasteiger partial charge in [-0.25, -0.2) is 0 Å². The molecule has 20 heavy (non-hydrogen) atoms. The summed E-state index contributed by atoms with van der Waals surface area (Å²) in [7, 11) is 0. The van der Waals surface area contributed by atoms with Crippen LogP contribution in [0.25, 0.3) is 0 Å². The Labute approximate surface area is 125 Å². The predicted molar refractivity (Wildman–Crippen MR) is 81.9 cm³/mol. The zero-order chi connectivity index (χ0) is 13.9. The molecule has 1 aromatic carbocycles. The maximum atomic E-state index is 11.8. The summed E-state index contributed by atoms with van der Waals surface area (Å²) in [6, 6.07) is 7.19. The summed E-state index contributed by atoms with van der Waals surface area (Å²) in [6.07, 6.45) is 5.55. The third kappa shape index (κ3) is 3.97. The number of carbonyl (C=O) groups is 1. The van der Waals surface area contributed by atoms with Gasteiger partial charge in [0.1, 0.15) is 0 Å². The number of benzene rings is 1. The first-order valence-electron chi connectivity index (χ1n) is 7.48. The molecule has 1 amide bonds. The van der Waals surface area contributed by atoms with Gasteiger partial charge in [0.25, 0.3) is 0 Å². The number of anilines is 1. The van der Waals surface area contributed by atoms with E-state index in [9.17, 15) is 4.79 Å². The van der Waals surface area contributed by atoms with Crippen LogP contribution in [-0.2, 0) is 4.79 Å². The molecular formula is C16H21ClN2O. The molecule has 2 N–H and O–H groups in total. The number of nitrogens with one attached hydrogen (secondary N) is 2. The minimum absolute atomic E-state index is 0.0117. The van der Waals surface area contributed by atoms with Crippen LogP contribution in [0.2, 0.25) is 5.02 Å². The number of hydrogen-bond acceptors (Lipinski definition) is 2. The van der Waals surface area contributed by atoms with E-state index in [-0.39, 0.29) is 5.91 Å². The fourth-order valence-electron chi connectivity index (χ4n) is 2.86. The molecule has 0 aromatic heterocycles. The van der Waals surface area contributed by atoms with Crippen molar-refractivity contribution in [1.82, 2.24) is 5.32 Å². The predicted octanol–water partition coefficient (Wildman–Crippen LogP) is 3.30. The maximum absolute atomic E-state index is 11.8. The summed E-state index contributed by atoms with van der Waals surface area (Å²) in [4.78, 5) is 11.8. The number of amides is 1. The molecule has 1 aromatic rings. The van der Waals surface area contributed by atoms with Gasteiger partial charge in [-0.15, -0.1) is 0 Å². The first kappa shape index (κ1) is 13.9. The van der Waals surface area contributed by atoms with Crippen molar-refractivity contribution in [2.24, 2.45) is 17.8 Å². The summed E-state index contributed by atoms with van der Waals surface area (Å²) >= 11 is 5.81. The molecule has 3 nitrogen and oxygen atoms in total. The second-order valence-corrected chi connectivity index (χ2v) is 6.46. The molecule has 3 rings (SSSR count). The highest BCUT2D eigenvalue weighted by Gasteiger charge is 2.40. The Morgan fingerprint density at radius 3 is 2.30 bits per heavy atom. The standard InChI is InChI=1S/C16H21ClN2O/c17-13-5-7-14(8-6-13)19-16(20)10-18-9-15(11-1-2-11)12-3-4-12/h5-8,11-12,15,18H,1-4,9-10H2,(H,19,20). The van der Waals surface area contributed by atoms with E-state index in [1.54, 1.807) is 12.1 Å². The van der Waals surface area contributed by atoms with Crippen molar-refractivity contribution in [1.29, 1.82) is 0 Å². The Morgan fingerprint density at radius 2 is 1.75 bits per heavy atom. The van der Waals surface area contributed by atoms with Crippen molar-refractivity contribution in [2.75, 3.05) is 18.4 Å². The highest BCUT2D eigenvalue weighted by molar-refractivity contribution is 6.30. The zero-order valence-corrected chi connectivity index (χ0v) is 12.3. The van der Waals surface area contributed by atoms with Crippen molar-refractivity contribution >= 4 is 23.2 Å². The quantitative estimate of drug-likeness (QED) is 0.809. The maximum Gasteiger partial charge on any atom is 0.238 e. The van der Waals surface area contributed by atoms with Gasteiger partial charge < -0.3 is 10.6 Å². The van der Waals surface area contributed by atoms with E-state index < -0.39 is 0 Å². The Morgan fingerprint density at radius 1 is 1.15 bits per heavy atom. The van der Waals surface area contributed by atoms with E-state index in [1.807, 2.05) is 12.1 Å². The van der Waals surface area contributed by atoms with Crippen molar-refractivity contribution in [3.8, 4) is 0 Å². The molecule has 0 aliphatic heterocycles. The molecule has 0 saturated heterocycles. The van der Waals surface area contributed by atoms with E-state index in [1.165, 1.54) is 25.7 Å². The van der Waals surface area contributed by atoms with Gasteiger partial charge in [-0.3, -0.25) is 4.79 Å². The zero-order valence-electron chi connectivity index (χ0n) is 11.6. The van der Waals surface area contributed by atoms with Gasteiger partial charge in [-0.1, -0.05) is 11.6 Å². The summed E-state index contributed by atoms with van der Waals surface area (Å²) < 4.78 is 0. The summed E-state index contributed by atoms with van der Waals surface area (Å²) in [5.41, 5.74) is 0.794. The van der Waals surface area contributed by atoms with Gasteiger partial charge in [-0.2, -0.15) is 0 Å². The lowest BCUT2D eigenvalue weighted by atomic mass is 9.98. The van der Waals surface area contributed by atoms with E-state index in [2.05, 4.69) is 10.6 Å². The first-order chi connectivity index (χ1) is 9.72. The van der Waals surface area contributed by atoms with Gasteiger partial charge >= 0.3 is 0 Å². The highest BCUT2D eigenvalue weighted by atomic mass is 35.5. The summed E-state index contributed by atoms with van der Waals surface area (Å²) in [6.45, 7) is 1.38. The van der Waals surface area contributed by atoms with E-state index >= 15 is 0 Å². The Balaban J connectivity index is 1.39. The molecule has 2 aliphatic rings. The number of rotatable bonds is 7. The van der Waals surface area contributed by atoms with Gasteiger partial charge in [0.15, 0.2) is 0 Å². The second kappa shape index (κ2) is 6.15. The summed E-state index contributed by atoms with van der Waals surface area (Å²) in [5.74, 6) is 2.67. The van der Waals surface area contributed by atoms with Crippen molar-refractivity contribution in [3.63, 3.8) is 0 Å². The molecule has 108 valence electrons. The Hall–Kier alpha value is -1.06. The summed E-state index contributed by atoms with van der Waals surface area (Å²) in [5, 5.41) is 6.87. The van der Waals surface area contributed by atoms with Crippen LogP contribution in [0.15, 0.2) is 24.3 Å². The molecule has 2 fully saturated rings. The van der Waals surface area contributed by atoms with Crippen molar-refractivity contribution in [3.05, 3.63) is 29.3 Å². The largest absolute Gasteiger partial charge is 0.325 e. The second-order valence-electron chi connectivity index (χ2n) is 6.02. The lowest BCUT2D eigenvalue weighted by molar-refractivity contribution is -0.115. The number of carbonyl (C=O) groups excluding carboxylic acids is 1. The number of halogens is 1. The van der Waals surface area contributed by atoms with Crippen LogP contribution >= 0.6 is 11.6 Å². The van der Waals surface area contributed by atoms with Gasteiger partial charge in [0, 0.05) is 10.7 Å². The molecule has 2 aliphatic carbocycles. The highest BCUT2D eigenvalue weighted by Crippen LogP contribution is 2.48. The van der Waals surface area contributed by atoms with Gasteiger partial charge in [-0.05, 0) is 74.2 Å². The Bertz CT molecular complexity index is 454. The topological polar surface area (TPSA) is 41.1 Å². The fourth-order valence-corrected chi connectivity index (χ4v) is 2.98. The van der Waals surface area contributed by atoms with E-state index in [4.69, 9.17) is 11.6 Å². The monoisotopic (exact) mass is 292 g/mol. The SMILES string of the molecule is O=C(CNCC(C1CC1)C1CC1)Nc1ccc(Cl)cc1. The van der Waals surface area contributed by atoms with Crippen LogP contribution in [0, 0.1) is 17.8 Å². The molecule has 4 heteroatoms. The average molecular weight is 293 g/mol. The van der Waals surface area contributed by atoms with Crippen LogP contribution in [0.1, 0.15) is 25.7 Å². The molecule has 0 bridgehead atoms. The first-order valence-corrected chi connectivity index (χ1v) is 7.86. The Kier molecular flexibility index (Phi) is 4.27. The van der Waals surface area contributed by atoms with E-state index in [0.29, 0.717) is 11.6 Å². The lowest BCUT2D eigenvalue weighted by Crippen LogP contribution is -2.33. The minimum Gasteiger partial charge on any atom is -0.325 e. The molecule has 0 spiro atoms. The lowest BCUT2D eigenvalue weighted by Gasteiger charge is -2.16. The molecule has 0 unspecified atom stereocenters. The van der Waals surface area contributed by atoms with Crippen LogP contribution in [0.3, 0.4) is 0 Å². The molecule has 0 heterocycles. The normalized spacial score (nSPS) is 18.3. The van der Waals surface area contributed by atoms with Crippen molar-refractivity contribution < 1.29 is 4.79 Å². The smallest absolute Gasteiger partial charge is 0.238 e. The van der Waals surface area contributed by atoms with Crippen LogP contribution in [-0.4, -0.2) is 19.0 Å². The van der Waals surface area contributed by atoms with E-state index in [0.717, 1.165) is 30.0 Å². The van der Waals surface area contributed by atoms with Crippen LogP contribution in [0.4, 0.5) is 5.69 Å². The number of hydrogen-bond donors (Lipinski definition) is 2. The van der Waals surface area contributed by atoms with Crippen LogP contribution < -0.4 is 10.6 Å². The molecule has 2 saturated carbocycles. The fraction of sp³-hybridized carbons (Fsp3) is 0.562. The van der Waals surface area contributed by atoms with Gasteiger partial charge in [0.2, 0.25) is 5.91 Å². The third-order valence-corrected chi connectivity index (χ3v) is 4.50. The molecule has 0 radical (unpaired) electrons. The van der Waals surface area contributed by atoms with Crippen molar-refractivity contribution in [2.45, 2.75) is 25.7 Å². The molecular weight excluding hydrogens is 272 g/mol. The third-order valence-electron chi connectivity index (χ3n) is 4.25. The van der Waals surface area contributed by atoms with Crippen LogP contribution in [0.5, 0.6) is 0 Å². The average Bonchev–Trinajstić information content (AvgIpc) is 3.29.